The van der Waals surface area contributed by atoms with Crippen LogP contribution in [0.5, 0.6) is 0 Å². The Morgan fingerprint density at radius 2 is 2.00 bits per heavy atom. The third-order valence-corrected chi connectivity index (χ3v) is 3.92. The fourth-order valence-electron chi connectivity index (χ4n) is 2.47. The maximum Gasteiger partial charge on any atom is 0.243 e. The quantitative estimate of drug-likeness (QED) is 0.747. The zero-order valence-electron chi connectivity index (χ0n) is 11.4. The van der Waals surface area contributed by atoms with Crippen LogP contribution in [0.25, 0.3) is 0 Å². The maximum absolute atomic E-state index is 12.5. The zero-order valence-corrected chi connectivity index (χ0v) is 11.4. The summed E-state index contributed by atoms with van der Waals surface area (Å²) in [5.41, 5.74) is -0.815. The van der Waals surface area contributed by atoms with E-state index in [1.54, 1.807) is 0 Å². The number of hydrogen-bond acceptors (Lipinski definition) is 3. The molecule has 1 aliphatic rings. The molecule has 0 spiro atoms. The summed E-state index contributed by atoms with van der Waals surface area (Å²) in [5.74, 6) is 0.0191. The Labute approximate surface area is 104 Å². The molecule has 0 aromatic rings. The number of piperazine rings is 1. The molecule has 4 nitrogen and oxygen atoms in total. The van der Waals surface area contributed by atoms with E-state index in [0.29, 0.717) is 12.8 Å². The second kappa shape index (κ2) is 5.50. The van der Waals surface area contributed by atoms with Crippen molar-refractivity contribution in [2.24, 2.45) is 5.41 Å². The van der Waals surface area contributed by atoms with Crippen LogP contribution in [0.3, 0.4) is 0 Å². The van der Waals surface area contributed by atoms with Gasteiger partial charge in [0.05, 0.1) is 6.07 Å². The van der Waals surface area contributed by atoms with Crippen LogP contribution < -0.4 is 0 Å². The van der Waals surface area contributed by atoms with Crippen molar-refractivity contribution in [3.63, 3.8) is 0 Å². The summed E-state index contributed by atoms with van der Waals surface area (Å²) in [6.07, 6.45) is 1.19. The first kappa shape index (κ1) is 14.0. The summed E-state index contributed by atoms with van der Waals surface area (Å²) in [6.45, 7) is 8.42. The van der Waals surface area contributed by atoms with Crippen molar-refractivity contribution in [2.75, 3.05) is 26.7 Å². The highest BCUT2D eigenvalue weighted by Crippen LogP contribution is 2.29. The average molecular weight is 237 g/mol. The minimum absolute atomic E-state index is 0.0191. The first-order valence-electron chi connectivity index (χ1n) is 6.41. The van der Waals surface area contributed by atoms with Gasteiger partial charge in [-0.25, -0.2) is 0 Å². The molecule has 96 valence electrons. The molecular formula is C13H23N3O. The van der Waals surface area contributed by atoms with Crippen LogP contribution in [0, 0.1) is 16.7 Å². The lowest BCUT2D eigenvalue weighted by atomic mass is 9.82. The van der Waals surface area contributed by atoms with E-state index < -0.39 is 5.41 Å². The van der Waals surface area contributed by atoms with Crippen molar-refractivity contribution in [3.05, 3.63) is 0 Å². The van der Waals surface area contributed by atoms with E-state index in [-0.39, 0.29) is 11.9 Å². The highest BCUT2D eigenvalue weighted by atomic mass is 16.2. The van der Waals surface area contributed by atoms with E-state index in [9.17, 15) is 10.1 Å². The molecule has 1 saturated heterocycles. The standard InChI is InChI=1S/C13H23N3O/c1-5-13(6-2,10-14)12(17)16-8-7-15(4)9-11(16)3/h11H,5-9H2,1-4H3. The maximum atomic E-state index is 12.5. The van der Waals surface area contributed by atoms with Gasteiger partial charge in [-0.2, -0.15) is 5.26 Å². The van der Waals surface area contributed by atoms with Gasteiger partial charge in [-0.1, -0.05) is 13.8 Å². The number of carbonyl (C=O) groups excluding carboxylic acids is 1. The molecule has 0 aromatic heterocycles. The third kappa shape index (κ3) is 2.61. The summed E-state index contributed by atoms with van der Waals surface area (Å²) in [4.78, 5) is 16.6. The minimum atomic E-state index is -0.815. The van der Waals surface area contributed by atoms with Gasteiger partial charge in [0.2, 0.25) is 5.91 Å². The van der Waals surface area contributed by atoms with Crippen LogP contribution in [0.1, 0.15) is 33.6 Å². The van der Waals surface area contributed by atoms with Gasteiger partial charge in [0, 0.05) is 25.7 Å². The van der Waals surface area contributed by atoms with Gasteiger partial charge in [-0.15, -0.1) is 0 Å². The molecule has 4 heteroatoms. The van der Waals surface area contributed by atoms with Crippen LogP contribution >= 0.6 is 0 Å². The Kier molecular flexibility index (Phi) is 4.53. The molecule has 1 atom stereocenters. The number of amides is 1. The van der Waals surface area contributed by atoms with E-state index in [1.807, 2.05) is 18.7 Å². The van der Waals surface area contributed by atoms with Crippen LogP contribution in [-0.4, -0.2) is 48.4 Å². The Hall–Kier alpha value is -1.08. The first-order chi connectivity index (χ1) is 8.00. The Bertz CT molecular complexity index is 317. The molecule has 0 saturated carbocycles. The topological polar surface area (TPSA) is 47.3 Å². The van der Waals surface area contributed by atoms with Gasteiger partial charge in [0.15, 0.2) is 0 Å². The highest BCUT2D eigenvalue weighted by molar-refractivity contribution is 5.85. The third-order valence-electron chi connectivity index (χ3n) is 3.92. The van der Waals surface area contributed by atoms with Crippen molar-refractivity contribution < 1.29 is 4.79 Å². The van der Waals surface area contributed by atoms with E-state index >= 15 is 0 Å². The van der Waals surface area contributed by atoms with Gasteiger partial charge in [-0.3, -0.25) is 4.79 Å². The van der Waals surface area contributed by atoms with Gasteiger partial charge in [-0.05, 0) is 26.8 Å². The number of hydrogen-bond donors (Lipinski definition) is 0. The fraction of sp³-hybridized carbons (Fsp3) is 0.846. The molecule has 17 heavy (non-hydrogen) atoms. The molecule has 1 amide bonds. The molecule has 0 N–H and O–H groups in total. The van der Waals surface area contributed by atoms with Crippen molar-refractivity contribution in [2.45, 2.75) is 39.7 Å². The largest absolute Gasteiger partial charge is 0.336 e. The lowest BCUT2D eigenvalue weighted by Gasteiger charge is -2.41. The molecule has 0 radical (unpaired) electrons. The predicted octanol–water partition coefficient (Wildman–Crippen LogP) is 1.48. The number of nitriles is 1. The van der Waals surface area contributed by atoms with Crippen molar-refractivity contribution in [3.8, 4) is 6.07 Å². The molecule has 1 aliphatic heterocycles. The molecule has 0 aromatic carbocycles. The lowest BCUT2D eigenvalue weighted by molar-refractivity contribution is -0.143. The lowest BCUT2D eigenvalue weighted by Crippen LogP contribution is -2.56. The van der Waals surface area contributed by atoms with Crippen LogP contribution in [0.2, 0.25) is 0 Å². The normalized spacial score (nSPS) is 22.3. The van der Waals surface area contributed by atoms with Crippen LogP contribution in [-0.2, 0) is 4.79 Å². The molecule has 1 heterocycles. The zero-order chi connectivity index (χ0) is 13.1. The van der Waals surface area contributed by atoms with E-state index in [2.05, 4.69) is 24.9 Å². The van der Waals surface area contributed by atoms with Gasteiger partial charge in [0.1, 0.15) is 5.41 Å². The number of likely N-dealkylation sites (N-methyl/N-ethyl adjacent to an activating group) is 1. The van der Waals surface area contributed by atoms with Crippen molar-refractivity contribution in [1.82, 2.24) is 9.80 Å². The van der Waals surface area contributed by atoms with Gasteiger partial charge in [0.25, 0.3) is 0 Å². The van der Waals surface area contributed by atoms with Gasteiger partial charge >= 0.3 is 0 Å². The molecular weight excluding hydrogens is 214 g/mol. The second-order valence-electron chi connectivity index (χ2n) is 5.01. The monoisotopic (exact) mass is 237 g/mol. The SMILES string of the molecule is CCC(C#N)(CC)C(=O)N1CCN(C)CC1C. The first-order valence-corrected chi connectivity index (χ1v) is 6.41. The molecule has 1 unspecified atom stereocenters. The van der Waals surface area contributed by atoms with Crippen LogP contribution in [0.4, 0.5) is 0 Å². The summed E-state index contributed by atoms with van der Waals surface area (Å²) in [6, 6.07) is 2.44. The number of carbonyl (C=O) groups is 1. The Morgan fingerprint density at radius 3 is 2.41 bits per heavy atom. The average Bonchev–Trinajstić information content (AvgIpc) is 2.32. The molecule has 1 rings (SSSR count). The van der Waals surface area contributed by atoms with Crippen LogP contribution in [0.15, 0.2) is 0 Å². The highest BCUT2D eigenvalue weighted by Gasteiger charge is 2.40. The molecule has 1 fully saturated rings. The van der Waals surface area contributed by atoms with Crippen molar-refractivity contribution in [1.29, 1.82) is 5.26 Å². The van der Waals surface area contributed by atoms with Crippen molar-refractivity contribution >= 4 is 5.91 Å². The Morgan fingerprint density at radius 1 is 1.41 bits per heavy atom. The van der Waals surface area contributed by atoms with E-state index in [4.69, 9.17) is 0 Å². The number of nitrogens with zero attached hydrogens (tertiary/aromatic N) is 3. The van der Waals surface area contributed by atoms with E-state index in [1.165, 1.54) is 0 Å². The summed E-state index contributed by atoms with van der Waals surface area (Å²) in [5, 5.41) is 9.31. The molecule has 0 bridgehead atoms. The fourth-order valence-corrected chi connectivity index (χ4v) is 2.47. The molecule has 0 aliphatic carbocycles. The van der Waals surface area contributed by atoms with Gasteiger partial charge < -0.3 is 9.80 Å². The summed E-state index contributed by atoms with van der Waals surface area (Å²) < 4.78 is 0. The van der Waals surface area contributed by atoms with E-state index in [0.717, 1.165) is 19.6 Å². The smallest absolute Gasteiger partial charge is 0.243 e. The predicted molar refractivity (Wildman–Crippen MR) is 67.3 cm³/mol. The number of rotatable bonds is 3. The minimum Gasteiger partial charge on any atom is -0.336 e. The Balaban J connectivity index is 2.85. The second-order valence-corrected chi connectivity index (χ2v) is 5.01. The summed E-state index contributed by atoms with van der Waals surface area (Å²) >= 11 is 0. The summed E-state index contributed by atoms with van der Waals surface area (Å²) in [7, 11) is 2.06.